The van der Waals surface area contributed by atoms with Gasteiger partial charge in [0.15, 0.2) is 0 Å². The third-order valence-corrected chi connectivity index (χ3v) is 6.96. The molecule has 216 valence electrons. The van der Waals surface area contributed by atoms with Gasteiger partial charge in [0.05, 0.1) is 12.1 Å². The molecule has 1 aromatic carbocycles. The minimum atomic E-state index is -1.38. The van der Waals surface area contributed by atoms with Crippen LogP contribution in [0.1, 0.15) is 38.2 Å². The lowest BCUT2D eigenvalue weighted by Crippen LogP contribution is -2.60. The average molecular weight is 565 g/mol. The summed E-state index contributed by atoms with van der Waals surface area (Å²) in [6, 6.07) is 2.99. The fourth-order valence-electron chi connectivity index (χ4n) is 4.08. The van der Waals surface area contributed by atoms with E-state index in [2.05, 4.69) is 20.9 Å². The first kappa shape index (κ1) is 32.1. The van der Waals surface area contributed by atoms with Crippen LogP contribution in [0.3, 0.4) is 0 Å². The summed E-state index contributed by atoms with van der Waals surface area (Å²) < 4.78 is 0. The third kappa shape index (κ3) is 9.84. The highest BCUT2D eigenvalue weighted by Crippen LogP contribution is 2.19. The molecule has 0 radical (unpaired) electrons. The van der Waals surface area contributed by atoms with Gasteiger partial charge in [-0.3, -0.25) is 14.4 Å². The van der Waals surface area contributed by atoms with E-state index in [1.54, 1.807) is 6.20 Å². The van der Waals surface area contributed by atoms with Crippen molar-refractivity contribution < 1.29 is 29.4 Å². The molecule has 0 aliphatic heterocycles. The Morgan fingerprint density at radius 3 is 2.33 bits per heavy atom. The second-order valence-electron chi connectivity index (χ2n) is 9.42. The number of aromatic amines is 1. The number of carboxylic acids is 1. The fraction of sp³-hybridized carbons (Fsp3) is 0.538. The molecule has 0 fully saturated rings. The van der Waals surface area contributed by atoms with Crippen LogP contribution < -0.4 is 27.4 Å². The van der Waals surface area contributed by atoms with Crippen LogP contribution in [0.5, 0.6) is 0 Å². The number of fused-ring (bicyclic) bond motifs is 1. The van der Waals surface area contributed by atoms with Crippen molar-refractivity contribution in [3.05, 3.63) is 36.0 Å². The lowest BCUT2D eigenvalue weighted by atomic mass is 10.0. The van der Waals surface area contributed by atoms with Crippen molar-refractivity contribution >= 4 is 46.4 Å². The van der Waals surface area contributed by atoms with E-state index >= 15 is 0 Å². The summed E-state index contributed by atoms with van der Waals surface area (Å²) in [5.41, 5.74) is 13.3. The Labute approximate surface area is 232 Å². The number of aliphatic hydroxyl groups excluding tert-OH is 1. The summed E-state index contributed by atoms with van der Waals surface area (Å²) in [6.07, 6.45) is 4.06. The van der Waals surface area contributed by atoms with Gasteiger partial charge in [0, 0.05) is 17.1 Å². The van der Waals surface area contributed by atoms with Crippen molar-refractivity contribution in [2.75, 3.05) is 18.6 Å². The maximum Gasteiger partial charge on any atom is 0.326 e. The van der Waals surface area contributed by atoms with Gasteiger partial charge in [-0.25, -0.2) is 4.79 Å². The maximum atomic E-state index is 13.1. The van der Waals surface area contributed by atoms with Crippen molar-refractivity contribution in [2.45, 2.75) is 69.3 Å². The third-order valence-electron chi connectivity index (χ3n) is 6.32. The van der Waals surface area contributed by atoms with Crippen LogP contribution in [0, 0.1) is 0 Å². The van der Waals surface area contributed by atoms with E-state index in [1.165, 1.54) is 18.7 Å². The Hall–Kier alpha value is -3.13. The molecule has 0 saturated carbocycles. The molecule has 13 heteroatoms. The van der Waals surface area contributed by atoms with E-state index < -0.39 is 54.0 Å². The minimum Gasteiger partial charge on any atom is -0.480 e. The molecule has 0 aliphatic carbocycles. The van der Waals surface area contributed by atoms with Crippen molar-refractivity contribution in [1.29, 1.82) is 0 Å². The number of rotatable bonds is 17. The van der Waals surface area contributed by atoms with E-state index in [4.69, 9.17) is 11.5 Å². The Kier molecular flexibility index (Phi) is 13.2. The lowest BCUT2D eigenvalue weighted by Gasteiger charge is -2.26. The molecule has 39 heavy (non-hydrogen) atoms. The summed E-state index contributed by atoms with van der Waals surface area (Å²) >= 11 is 1.45. The van der Waals surface area contributed by atoms with E-state index in [-0.39, 0.29) is 19.3 Å². The number of hydrogen-bond acceptors (Lipinski definition) is 8. The molecule has 0 aliphatic rings. The summed E-state index contributed by atoms with van der Waals surface area (Å²) in [7, 11) is 0. The highest BCUT2D eigenvalue weighted by molar-refractivity contribution is 7.98. The lowest BCUT2D eigenvalue weighted by molar-refractivity contribution is -0.142. The van der Waals surface area contributed by atoms with Gasteiger partial charge < -0.3 is 42.6 Å². The zero-order valence-corrected chi connectivity index (χ0v) is 23.1. The number of carboxylic acid groups (broad SMARTS) is 1. The second kappa shape index (κ2) is 16.1. The summed E-state index contributed by atoms with van der Waals surface area (Å²) in [4.78, 5) is 53.7. The van der Waals surface area contributed by atoms with Gasteiger partial charge in [0.1, 0.15) is 18.1 Å². The molecule has 0 saturated heterocycles. The zero-order chi connectivity index (χ0) is 28.9. The fourth-order valence-corrected chi connectivity index (χ4v) is 4.56. The normalized spacial score (nSPS) is 15.1. The molecule has 5 atom stereocenters. The zero-order valence-electron chi connectivity index (χ0n) is 22.3. The second-order valence-corrected chi connectivity index (χ2v) is 10.4. The van der Waals surface area contributed by atoms with E-state index in [9.17, 15) is 29.4 Å². The number of hydrogen-bond donors (Lipinski definition) is 8. The monoisotopic (exact) mass is 564 g/mol. The molecule has 1 heterocycles. The van der Waals surface area contributed by atoms with E-state index in [0.29, 0.717) is 25.1 Å². The molecule has 3 amide bonds. The number of carbonyl (C=O) groups is 4. The first-order chi connectivity index (χ1) is 18.6. The molecule has 5 unspecified atom stereocenters. The van der Waals surface area contributed by atoms with Gasteiger partial charge >= 0.3 is 5.97 Å². The largest absolute Gasteiger partial charge is 0.480 e. The SMILES string of the molecule is CSCCC(NC(=O)C(NC(=O)C(N)Cc1c[nH]c2ccccc12)C(C)O)C(=O)NC(CCCCN)C(=O)O. The van der Waals surface area contributed by atoms with Crippen molar-refractivity contribution in [2.24, 2.45) is 11.5 Å². The molecule has 1 aromatic heterocycles. The quantitative estimate of drug-likeness (QED) is 0.120. The molecule has 0 bridgehead atoms. The van der Waals surface area contributed by atoms with Crippen molar-refractivity contribution in [3.8, 4) is 0 Å². The number of aliphatic hydroxyl groups is 1. The summed E-state index contributed by atoms with van der Waals surface area (Å²) in [6.45, 7) is 1.75. The highest BCUT2D eigenvalue weighted by Gasteiger charge is 2.32. The van der Waals surface area contributed by atoms with Crippen molar-refractivity contribution in [3.63, 3.8) is 0 Å². The number of thioether (sulfide) groups is 1. The van der Waals surface area contributed by atoms with Gasteiger partial charge in [-0.15, -0.1) is 0 Å². The average Bonchev–Trinajstić information content (AvgIpc) is 3.31. The predicted octanol–water partition coefficient (Wildman–Crippen LogP) is -0.160. The van der Waals surface area contributed by atoms with Crippen molar-refractivity contribution in [1.82, 2.24) is 20.9 Å². The summed E-state index contributed by atoms with van der Waals surface area (Å²) in [5, 5.41) is 28.2. The number of amides is 3. The molecular weight excluding hydrogens is 524 g/mol. The van der Waals surface area contributed by atoms with Crippen LogP contribution in [0.4, 0.5) is 0 Å². The van der Waals surface area contributed by atoms with Gasteiger partial charge in [-0.2, -0.15) is 11.8 Å². The first-order valence-corrected chi connectivity index (χ1v) is 14.3. The standard InChI is InChI=1S/C26H40N6O6S/c1-15(33)22(32-23(34)18(28)13-16-14-29-19-8-4-3-7-17(16)19)25(36)30-20(10-12-39-2)24(35)31-21(26(37)38)9-5-6-11-27/h3-4,7-8,14-15,18,20-22,29,33H,5-6,9-13,27-28H2,1-2H3,(H,30,36)(H,31,35)(H,32,34)(H,37,38). The number of nitrogens with two attached hydrogens (primary N) is 2. The van der Waals surface area contributed by atoms with Crippen LogP contribution in [-0.4, -0.2) is 87.7 Å². The molecular formula is C26H40N6O6S. The van der Waals surface area contributed by atoms with Crippen LogP contribution in [-0.2, 0) is 25.6 Å². The number of carbonyl (C=O) groups excluding carboxylic acids is 3. The van der Waals surface area contributed by atoms with Gasteiger partial charge in [-0.1, -0.05) is 18.2 Å². The number of para-hydroxylation sites is 1. The van der Waals surface area contributed by atoms with Crippen LogP contribution >= 0.6 is 11.8 Å². The number of H-pyrrole nitrogens is 1. The first-order valence-electron chi connectivity index (χ1n) is 12.9. The molecule has 0 spiro atoms. The van der Waals surface area contributed by atoms with E-state index in [0.717, 1.165) is 16.5 Å². The van der Waals surface area contributed by atoms with Crippen LogP contribution in [0.15, 0.2) is 30.5 Å². The van der Waals surface area contributed by atoms with Crippen LogP contribution in [0.25, 0.3) is 10.9 Å². The Bertz CT molecular complexity index is 1110. The minimum absolute atomic E-state index is 0.197. The molecule has 2 aromatic rings. The molecule has 12 nitrogen and oxygen atoms in total. The smallest absolute Gasteiger partial charge is 0.326 e. The van der Waals surface area contributed by atoms with E-state index in [1.807, 2.05) is 30.5 Å². The Balaban J connectivity index is 2.07. The number of aromatic nitrogens is 1. The maximum absolute atomic E-state index is 13.1. The van der Waals surface area contributed by atoms with Gasteiger partial charge in [0.2, 0.25) is 17.7 Å². The van der Waals surface area contributed by atoms with Gasteiger partial charge in [0.25, 0.3) is 0 Å². The summed E-state index contributed by atoms with van der Waals surface area (Å²) in [5.74, 6) is -2.77. The number of unbranched alkanes of at least 4 members (excludes halogenated alkanes) is 1. The molecule has 10 N–H and O–H groups in total. The topological polar surface area (TPSA) is 213 Å². The number of benzene rings is 1. The molecule has 2 rings (SSSR count). The predicted molar refractivity (Wildman–Crippen MR) is 151 cm³/mol. The Morgan fingerprint density at radius 2 is 1.69 bits per heavy atom. The van der Waals surface area contributed by atoms with Gasteiger partial charge in [-0.05, 0) is 69.2 Å². The Morgan fingerprint density at radius 1 is 1.00 bits per heavy atom. The number of aliphatic carboxylic acids is 1. The number of nitrogens with one attached hydrogen (secondary N) is 4. The van der Waals surface area contributed by atoms with Crippen LogP contribution in [0.2, 0.25) is 0 Å². The highest BCUT2D eigenvalue weighted by atomic mass is 32.2.